The molecule has 18 heavy (non-hydrogen) atoms. The molecule has 0 nitrogen and oxygen atoms in total. The molecule has 1 rings (SSSR count). The van der Waals surface area contributed by atoms with Crippen LogP contribution in [0.4, 0.5) is 0 Å². The third-order valence-corrected chi connectivity index (χ3v) is 8.98. The topological polar surface area (TPSA) is 0 Å². The van der Waals surface area contributed by atoms with Crippen molar-refractivity contribution in [1.82, 2.24) is 0 Å². The first-order valence-electron chi connectivity index (χ1n) is 6.76. The minimum absolute atomic E-state index is 0.287. The van der Waals surface area contributed by atoms with Crippen LogP contribution in [0.2, 0.25) is 12.1 Å². The Balaban J connectivity index is 3.09. The van der Waals surface area contributed by atoms with Gasteiger partial charge in [0.05, 0.1) is 0 Å². The average Bonchev–Trinajstić information content (AvgIpc) is 2.13. The summed E-state index contributed by atoms with van der Waals surface area (Å²) in [6, 6.07) is 13.0. The van der Waals surface area contributed by atoms with E-state index in [0.29, 0.717) is 0 Å². The predicted molar refractivity (Wildman–Crippen MR) is 86.2 cm³/mol. The molecule has 0 aliphatic heterocycles. The maximum atomic E-state index is 7.17. The molecule has 1 aromatic rings. The molecule has 1 aromatic carbocycles. The molecule has 102 valence electrons. The van der Waals surface area contributed by atoms with Crippen LogP contribution in [-0.4, -0.2) is 7.38 Å². The smallest absolute Gasteiger partial charge is 0.161 e. The highest BCUT2D eigenvalue weighted by Gasteiger charge is 2.40. The van der Waals surface area contributed by atoms with Gasteiger partial charge in [-0.2, -0.15) is 11.1 Å². The second kappa shape index (κ2) is 5.38. The van der Waals surface area contributed by atoms with Crippen LogP contribution >= 0.6 is 11.1 Å². The Morgan fingerprint density at radius 3 is 1.56 bits per heavy atom. The van der Waals surface area contributed by atoms with Crippen molar-refractivity contribution in [3.63, 3.8) is 0 Å². The molecule has 0 aromatic heterocycles. The van der Waals surface area contributed by atoms with Gasteiger partial charge in [0.25, 0.3) is 0 Å². The molecule has 0 fully saturated rings. The van der Waals surface area contributed by atoms with Crippen molar-refractivity contribution < 1.29 is 0 Å². The van der Waals surface area contributed by atoms with E-state index >= 15 is 0 Å². The van der Waals surface area contributed by atoms with Gasteiger partial charge in [0, 0.05) is 0 Å². The number of benzene rings is 1. The Morgan fingerprint density at radius 2 is 1.22 bits per heavy atom. The zero-order valence-electron chi connectivity index (χ0n) is 12.7. The van der Waals surface area contributed by atoms with Crippen LogP contribution in [0, 0.1) is 10.8 Å². The quantitative estimate of drug-likeness (QED) is 0.530. The summed E-state index contributed by atoms with van der Waals surface area (Å²) in [6.45, 7) is 13.8. The minimum atomic E-state index is -1.92. The maximum Gasteiger partial charge on any atom is 0.187 e. The molecule has 0 saturated heterocycles. The summed E-state index contributed by atoms with van der Waals surface area (Å²) in [5.41, 5.74) is 0.574. The van der Waals surface area contributed by atoms with Gasteiger partial charge in [0.2, 0.25) is 0 Å². The van der Waals surface area contributed by atoms with E-state index in [2.05, 4.69) is 71.9 Å². The summed E-state index contributed by atoms with van der Waals surface area (Å²) in [5, 5.41) is 1.39. The van der Waals surface area contributed by atoms with Gasteiger partial charge in [-0.05, 0) is 28.1 Å². The summed E-state index contributed by atoms with van der Waals surface area (Å²) in [5.74, 6) is 0. The third kappa shape index (κ3) is 5.15. The highest BCUT2D eigenvalue weighted by atomic mass is 35.6. The van der Waals surface area contributed by atoms with Crippen molar-refractivity contribution >= 4 is 23.6 Å². The van der Waals surface area contributed by atoms with Crippen LogP contribution in [0.1, 0.15) is 41.5 Å². The lowest BCUT2D eigenvalue weighted by atomic mass is 10.00. The van der Waals surface area contributed by atoms with E-state index in [1.54, 1.807) is 0 Å². The molecule has 2 heteroatoms. The van der Waals surface area contributed by atoms with E-state index in [1.165, 1.54) is 5.19 Å². The lowest BCUT2D eigenvalue weighted by Gasteiger charge is -2.36. The van der Waals surface area contributed by atoms with Crippen molar-refractivity contribution in [3.05, 3.63) is 30.3 Å². The zero-order chi connectivity index (χ0) is 14.0. The van der Waals surface area contributed by atoms with Gasteiger partial charge in [-0.15, -0.1) is 0 Å². The Kier molecular flexibility index (Phi) is 4.72. The molecule has 0 heterocycles. The molecule has 0 unspecified atom stereocenters. The van der Waals surface area contributed by atoms with Crippen LogP contribution < -0.4 is 5.19 Å². The van der Waals surface area contributed by atoms with E-state index in [-0.39, 0.29) is 10.8 Å². The fraction of sp³-hybridized carbons (Fsp3) is 0.625. The van der Waals surface area contributed by atoms with E-state index in [4.69, 9.17) is 11.1 Å². The lowest BCUT2D eigenvalue weighted by Crippen LogP contribution is -2.47. The van der Waals surface area contributed by atoms with Crippen molar-refractivity contribution in [1.29, 1.82) is 0 Å². The number of halogens is 1. The average molecular weight is 283 g/mol. The molecule has 0 aliphatic rings. The van der Waals surface area contributed by atoms with Gasteiger partial charge in [-0.25, -0.2) is 0 Å². The van der Waals surface area contributed by atoms with Crippen molar-refractivity contribution in [3.8, 4) is 0 Å². The Morgan fingerprint density at radius 1 is 0.833 bits per heavy atom. The summed E-state index contributed by atoms with van der Waals surface area (Å²) >= 11 is 7.17. The van der Waals surface area contributed by atoms with Gasteiger partial charge in [-0.1, -0.05) is 71.9 Å². The lowest BCUT2D eigenvalue weighted by molar-refractivity contribution is 0.439. The Labute approximate surface area is 118 Å². The molecular formula is C16H27ClSi. The van der Waals surface area contributed by atoms with E-state index < -0.39 is 7.38 Å². The third-order valence-electron chi connectivity index (χ3n) is 2.91. The standard InChI is InChI=1S/C16H27ClSi/c1-15(2,3)12-18(17,13-16(4,5)6)14-10-8-7-9-11-14/h7-11H,12-13H2,1-6H3. The van der Waals surface area contributed by atoms with Crippen molar-refractivity contribution in [2.45, 2.75) is 53.6 Å². The normalized spacial score (nSPS) is 13.7. The van der Waals surface area contributed by atoms with Crippen molar-refractivity contribution in [2.75, 3.05) is 0 Å². The summed E-state index contributed by atoms with van der Waals surface area (Å²) in [4.78, 5) is 0. The molecule has 0 radical (unpaired) electrons. The van der Waals surface area contributed by atoms with Gasteiger partial charge >= 0.3 is 0 Å². The number of hydrogen-bond acceptors (Lipinski definition) is 0. The van der Waals surface area contributed by atoms with E-state index in [1.807, 2.05) is 0 Å². The van der Waals surface area contributed by atoms with E-state index in [0.717, 1.165) is 12.1 Å². The second-order valence-electron chi connectivity index (χ2n) is 7.81. The Bertz CT molecular complexity index is 354. The Hall–Kier alpha value is -0.273. The SMILES string of the molecule is CC(C)(C)C[Si](Cl)(CC(C)(C)C)c1ccccc1. The summed E-state index contributed by atoms with van der Waals surface area (Å²) < 4.78 is 0. The highest BCUT2D eigenvalue weighted by Crippen LogP contribution is 2.38. The highest BCUT2D eigenvalue weighted by molar-refractivity contribution is 7.27. The number of rotatable bonds is 3. The summed E-state index contributed by atoms with van der Waals surface area (Å²) in [7, 11) is -1.92. The van der Waals surface area contributed by atoms with Crippen LogP contribution in [0.3, 0.4) is 0 Å². The molecule has 0 atom stereocenters. The van der Waals surface area contributed by atoms with Crippen LogP contribution in [0.15, 0.2) is 30.3 Å². The van der Waals surface area contributed by atoms with Crippen LogP contribution in [0.5, 0.6) is 0 Å². The van der Waals surface area contributed by atoms with Gasteiger partial charge in [0.1, 0.15) is 0 Å². The fourth-order valence-electron chi connectivity index (χ4n) is 2.68. The second-order valence-corrected chi connectivity index (χ2v) is 13.2. The first-order valence-corrected chi connectivity index (χ1v) is 10.2. The molecule has 0 amide bonds. The largest absolute Gasteiger partial charge is 0.187 e. The van der Waals surface area contributed by atoms with E-state index in [9.17, 15) is 0 Å². The van der Waals surface area contributed by atoms with Gasteiger partial charge in [0.15, 0.2) is 7.38 Å². The molecule has 0 spiro atoms. The molecule has 0 N–H and O–H groups in total. The first-order chi connectivity index (χ1) is 8.02. The fourth-order valence-corrected chi connectivity index (χ4v) is 10.2. The van der Waals surface area contributed by atoms with Crippen LogP contribution in [-0.2, 0) is 0 Å². The van der Waals surface area contributed by atoms with Crippen LogP contribution in [0.25, 0.3) is 0 Å². The van der Waals surface area contributed by atoms with Gasteiger partial charge < -0.3 is 0 Å². The molecular weight excluding hydrogens is 256 g/mol. The zero-order valence-corrected chi connectivity index (χ0v) is 14.4. The first kappa shape index (κ1) is 15.8. The van der Waals surface area contributed by atoms with Gasteiger partial charge in [-0.3, -0.25) is 0 Å². The summed E-state index contributed by atoms with van der Waals surface area (Å²) in [6.07, 6.45) is 0. The maximum absolute atomic E-state index is 7.17. The van der Waals surface area contributed by atoms with Crippen molar-refractivity contribution in [2.24, 2.45) is 10.8 Å². The molecule has 0 saturated carbocycles. The minimum Gasteiger partial charge on any atom is -0.161 e. The monoisotopic (exact) mass is 282 g/mol. The molecule has 0 aliphatic carbocycles. The number of hydrogen-bond donors (Lipinski definition) is 0. The molecule has 0 bridgehead atoms. The predicted octanol–water partition coefficient (Wildman–Crippen LogP) is 5.17.